The molecule has 1 atom stereocenters. The first-order valence-corrected chi connectivity index (χ1v) is 6.97. The molecule has 0 amide bonds. The lowest BCUT2D eigenvalue weighted by molar-refractivity contribution is 0.0957. The highest BCUT2D eigenvalue weighted by molar-refractivity contribution is 5.97. The second-order valence-electron chi connectivity index (χ2n) is 5.12. The van der Waals surface area contributed by atoms with E-state index in [-0.39, 0.29) is 5.78 Å². The Morgan fingerprint density at radius 2 is 2.06 bits per heavy atom. The van der Waals surface area contributed by atoms with Gasteiger partial charge in [0.2, 0.25) is 0 Å². The number of ketones is 1. The highest BCUT2D eigenvalue weighted by atomic mass is 16.1. The molecule has 0 aliphatic rings. The van der Waals surface area contributed by atoms with Crippen molar-refractivity contribution in [3.8, 4) is 0 Å². The molecule has 100 valence electrons. The molecular weight excluding hydrogens is 222 g/mol. The van der Waals surface area contributed by atoms with Crippen LogP contribution in [0, 0.1) is 12.8 Å². The smallest absolute Gasteiger partial charge is 0.163 e. The van der Waals surface area contributed by atoms with E-state index in [1.165, 1.54) is 12.8 Å². The molecule has 0 bridgehead atoms. The molecule has 0 aliphatic heterocycles. The highest BCUT2D eigenvalue weighted by Gasteiger charge is 2.14. The van der Waals surface area contributed by atoms with Crippen LogP contribution in [0.5, 0.6) is 0 Å². The Bertz CT molecular complexity index is 398. The second kappa shape index (κ2) is 7.20. The summed E-state index contributed by atoms with van der Waals surface area (Å²) in [5.74, 6) is 0.740. The van der Waals surface area contributed by atoms with Gasteiger partial charge in [-0.2, -0.15) is 0 Å². The molecule has 1 aromatic rings. The number of anilines is 1. The zero-order chi connectivity index (χ0) is 13.5. The number of carbonyl (C=O) groups excluding carboxylic acids is 1. The number of unbranched alkanes of at least 4 members (excludes halogenated alkanes) is 1. The monoisotopic (exact) mass is 247 g/mol. The minimum Gasteiger partial charge on any atom is -0.398 e. The van der Waals surface area contributed by atoms with E-state index in [9.17, 15) is 4.79 Å². The molecule has 1 rings (SSSR count). The van der Waals surface area contributed by atoms with E-state index in [4.69, 9.17) is 5.73 Å². The van der Waals surface area contributed by atoms with Gasteiger partial charge in [0, 0.05) is 17.7 Å². The number of rotatable bonds is 7. The Morgan fingerprint density at radius 3 is 2.61 bits per heavy atom. The average molecular weight is 247 g/mol. The summed E-state index contributed by atoms with van der Waals surface area (Å²) in [6.45, 7) is 6.31. The summed E-state index contributed by atoms with van der Waals surface area (Å²) >= 11 is 0. The van der Waals surface area contributed by atoms with Crippen molar-refractivity contribution in [2.24, 2.45) is 5.92 Å². The van der Waals surface area contributed by atoms with Crippen molar-refractivity contribution in [1.29, 1.82) is 0 Å². The summed E-state index contributed by atoms with van der Waals surface area (Å²) in [4.78, 5) is 12.2. The van der Waals surface area contributed by atoms with Gasteiger partial charge in [-0.15, -0.1) is 0 Å². The molecule has 0 aromatic heterocycles. The highest BCUT2D eigenvalue weighted by Crippen LogP contribution is 2.21. The first-order chi connectivity index (χ1) is 8.58. The number of benzene rings is 1. The molecular formula is C16H25NO. The number of carbonyl (C=O) groups is 1. The van der Waals surface area contributed by atoms with Crippen molar-refractivity contribution in [3.63, 3.8) is 0 Å². The van der Waals surface area contributed by atoms with Gasteiger partial charge in [0.25, 0.3) is 0 Å². The van der Waals surface area contributed by atoms with Crippen LogP contribution in [-0.4, -0.2) is 5.78 Å². The molecule has 0 aliphatic carbocycles. The van der Waals surface area contributed by atoms with Gasteiger partial charge < -0.3 is 5.73 Å². The number of hydrogen-bond acceptors (Lipinski definition) is 2. The zero-order valence-corrected chi connectivity index (χ0v) is 11.8. The molecule has 1 aromatic carbocycles. The quantitative estimate of drug-likeness (QED) is 0.574. The van der Waals surface area contributed by atoms with Crippen LogP contribution in [0.25, 0.3) is 0 Å². The van der Waals surface area contributed by atoms with E-state index < -0.39 is 0 Å². The number of nitrogens with two attached hydrogens (primary N) is 1. The number of hydrogen-bond donors (Lipinski definition) is 1. The first kappa shape index (κ1) is 14.7. The lowest BCUT2D eigenvalue weighted by Gasteiger charge is -2.13. The summed E-state index contributed by atoms with van der Waals surface area (Å²) in [5.41, 5.74) is 8.35. The van der Waals surface area contributed by atoms with Crippen molar-refractivity contribution in [1.82, 2.24) is 0 Å². The first-order valence-electron chi connectivity index (χ1n) is 6.97. The Hall–Kier alpha value is -1.31. The largest absolute Gasteiger partial charge is 0.398 e. The van der Waals surface area contributed by atoms with E-state index in [0.29, 0.717) is 18.0 Å². The van der Waals surface area contributed by atoms with Crippen LogP contribution in [0.1, 0.15) is 61.9 Å². The van der Waals surface area contributed by atoms with E-state index in [2.05, 4.69) is 13.8 Å². The summed E-state index contributed by atoms with van der Waals surface area (Å²) in [5, 5.41) is 0. The molecule has 18 heavy (non-hydrogen) atoms. The third-order valence-electron chi connectivity index (χ3n) is 3.62. The van der Waals surface area contributed by atoms with Crippen LogP contribution in [0.2, 0.25) is 0 Å². The Morgan fingerprint density at radius 1 is 1.33 bits per heavy atom. The number of nitrogen functional groups attached to an aromatic ring is 1. The molecule has 2 nitrogen and oxygen atoms in total. The standard InChI is InChI=1S/C16H25NO/c1-4-6-7-13(5-2)10-16(18)14-9-8-12(3)15(17)11-14/h8-9,11,13H,4-7,10,17H2,1-3H3. The van der Waals surface area contributed by atoms with Crippen LogP contribution >= 0.6 is 0 Å². The number of Topliss-reactive ketones (excluding diaryl/α,β-unsaturated/α-hetero) is 1. The third kappa shape index (κ3) is 4.17. The average Bonchev–Trinajstić information content (AvgIpc) is 2.37. The van der Waals surface area contributed by atoms with Crippen molar-refractivity contribution < 1.29 is 4.79 Å². The predicted octanol–water partition coefficient (Wildman–Crippen LogP) is 4.37. The summed E-state index contributed by atoms with van der Waals surface area (Å²) in [7, 11) is 0. The summed E-state index contributed by atoms with van der Waals surface area (Å²) in [6, 6.07) is 5.63. The van der Waals surface area contributed by atoms with Gasteiger partial charge in [0.1, 0.15) is 0 Å². The van der Waals surface area contributed by atoms with E-state index in [1.807, 2.05) is 25.1 Å². The molecule has 0 heterocycles. The maximum atomic E-state index is 12.2. The van der Waals surface area contributed by atoms with Gasteiger partial charge in [-0.3, -0.25) is 4.79 Å². The minimum atomic E-state index is 0.227. The van der Waals surface area contributed by atoms with Crippen molar-refractivity contribution in [3.05, 3.63) is 29.3 Å². The maximum absolute atomic E-state index is 12.2. The summed E-state index contributed by atoms with van der Waals surface area (Å²) in [6.07, 6.45) is 5.29. The topological polar surface area (TPSA) is 43.1 Å². The van der Waals surface area contributed by atoms with E-state index >= 15 is 0 Å². The number of aryl methyl sites for hydroxylation is 1. The van der Waals surface area contributed by atoms with Crippen LogP contribution in [0.15, 0.2) is 18.2 Å². The fourth-order valence-electron chi connectivity index (χ4n) is 2.14. The fourth-order valence-corrected chi connectivity index (χ4v) is 2.14. The maximum Gasteiger partial charge on any atom is 0.163 e. The van der Waals surface area contributed by atoms with Crippen LogP contribution in [0.4, 0.5) is 5.69 Å². The molecule has 0 radical (unpaired) electrons. The van der Waals surface area contributed by atoms with Crippen molar-refractivity contribution in [2.45, 2.75) is 52.9 Å². The lowest BCUT2D eigenvalue weighted by Crippen LogP contribution is -2.09. The van der Waals surface area contributed by atoms with Gasteiger partial charge in [0.05, 0.1) is 0 Å². The fraction of sp³-hybridized carbons (Fsp3) is 0.562. The third-order valence-corrected chi connectivity index (χ3v) is 3.62. The van der Waals surface area contributed by atoms with Gasteiger partial charge >= 0.3 is 0 Å². The van der Waals surface area contributed by atoms with Gasteiger partial charge in [-0.05, 0) is 24.5 Å². The molecule has 2 N–H and O–H groups in total. The van der Waals surface area contributed by atoms with Crippen molar-refractivity contribution >= 4 is 11.5 Å². The molecule has 2 heteroatoms. The van der Waals surface area contributed by atoms with Crippen LogP contribution in [0.3, 0.4) is 0 Å². The van der Waals surface area contributed by atoms with Crippen LogP contribution in [-0.2, 0) is 0 Å². The molecule has 0 spiro atoms. The predicted molar refractivity (Wildman–Crippen MR) is 77.8 cm³/mol. The SMILES string of the molecule is CCCCC(CC)CC(=O)c1ccc(C)c(N)c1. The van der Waals surface area contributed by atoms with Crippen LogP contribution < -0.4 is 5.73 Å². The summed E-state index contributed by atoms with van der Waals surface area (Å²) < 4.78 is 0. The lowest BCUT2D eigenvalue weighted by atomic mass is 9.91. The zero-order valence-electron chi connectivity index (χ0n) is 11.8. The van der Waals surface area contributed by atoms with E-state index in [0.717, 1.165) is 24.0 Å². The molecule has 1 unspecified atom stereocenters. The Labute approximate surface area is 111 Å². The molecule has 0 saturated heterocycles. The molecule has 0 fully saturated rings. The van der Waals surface area contributed by atoms with Gasteiger partial charge in [-0.25, -0.2) is 0 Å². The normalized spacial score (nSPS) is 12.4. The van der Waals surface area contributed by atoms with E-state index in [1.54, 1.807) is 0 Å². The Balaban J connectivity index is 2.65. The molecule has 0 saturated carbocycles. The Kier molecular flexibility index (Phi) is 5.90. The van der Waals surface area contributed by atoms with Crippen molar-refractivity contribution in [2.75, 3.05) is 5.73 Å². The second-order valence-corrected chi connectivity index (χ2v) is 5.12. The minimum absolute atomic E-state index is 0.227. The van der Waals surface area contributed by atoms with Gasteiger partial charge in [-0.1, -0.05) is 51.7 Å². The van der Waals surface area contributed by atoms with Gasteiger partial charge in [0.15, 0.2) is 5.78 Å².